The number of carbonyl (C=O) groups is 1. The van der Waals surface area contributed by atoms with Gasteiger partial charge in [0.15, 0.2) is 0 Å². The van der Waals surface area contributed by atoms with Crippen LogP contribution in [0.1, 0.15) is 5.56 Å². The van der Waals surface area contributed by atoms with E-state index in [1.54, 1.807) is 21.0 Å². The van der Waals surface area contributed by atoms with Crippen LogP contribution in [0.3, 0.4) is 0 Å². The highest BCUT2D eigenvalue weighted by molar-refractivity contribution is 7.89. The molecule has 0 heterocycles. The normalized spacial score (nSPS) is 11.1. The molecule has 1 rings (SSSR count). The van der Waals surface area contributed by atoms with Gasteiger partial charge in [-0.25, -0.2) is 18.4 Å². The molecule has 0 saturated heterocycles. The number of benzene rings is 1. The summed E-state index contributed by atoms with van der Waals surface area (Å²) in [5, 5.41) is 7.64. The molecule has 0 aliphatic carbocycles. The number of hydrogen-bond donors (Lipinski definition) is 2. The number of rotatable bonds is 2. The van der Waals surface area contributed by atoms with Crippen molar-refractivity contribution in [2.45, 2.75) is 11.8 Å². The second kappa shape index (κ2) is 4.72. The number of sulfonamides is 1. The molecule has 0 atom stereocenters. The highest BCUT2D eigenvalue weighted by Gasteiger charge is 2.11. The summed E-state index contributed by atoms with van der Waals surface area (Å²) in [6.45, 7) is 1.69. The molecule has 2 amide bonds. The summed E-state index contributed by atoms with van der Waals surface area (Å²) in [6.07, 6.45) is 0. The fraction of sp³-hybridized carbons (Fsp3) is 0.300. The van der Waals surface area contributed by atoms with Gasteiger partial charge in [-0.1, -0.05) is 0 Å². The SMILES string of the molecule is Cc1cc(S(N)(=O)=O)ccc1NC(=O)N(C)C. The number of nitrogens with zero attached hydrogens (tertiary/aromatic N) is 1. The molecule has 0 bridgehead atoms. The molecule has 1 aromatic carbocycles. The van der Waals surface area contributed by atoms with Crippen molar-refractivity contribution in [2.75, 3.05) is 19.4 Å². The average Bonchev–Trinajstić information content (AvgIpc) is 2.19. The molecule has 6 nitrogen and oxygen atoms in total. The molecule has 94 valence electrons. The van der Waals surface area contributed by atoms with E-state index >= 15 is 0 Å². The summed E-state index contributed by atoms with van der Waals surface area (Å²) in [6, 6.07) is 4.00. The van der Waals surface area contributed by atoms with E-state index in [-0.39, 0.29) is 10.9 Å². The van der Waals surface area contributed by atoms with Gasteiger partial charge in [-0.15, -0.1) is 0 Å². The van der Waals surface area contributed by atoms with E-state index in [9.17, 15) is 13.2 Å². The number of amides is 2. The largest absolute Gasteiger partial charge is 0.331 e. The van der Waals surface area contributed by atoms with Crippen LogP contribution in [0.5, 0.6) is 0 Å². The molecular weight excluding hydrogens is 242 g/mol. The van der Waals surface area contributed by atoms with E-state index in [0.717, 1.165) is 0 Å². The molecule has 0 spiro atoms. The van der Waals surface area contributed by atoms with Crippen LogP contribution in [-0.2, 0) is 10.0 Å². The number of nitrogens with two attached hydrogens (primary N) is 1. The van der Waals surface area contributed by atoms with Gasteiger partial charge in [-0.2, -0.15) is 0 Å². The number of nitrogens with one attached hydrogen (secondary N) is 1. The Balaban J connectivity index is 3.03. The van der Waals surface area contributed by atoms with Crippen molar-refractivity contribution < 1.29 is 13.2 Å². The Hall–Kier alpha value is -1.60. The van der Waals surface area contributed by atoms with Gasteiger partial charge in [0.25, 0.3) is 0 Å². The smallest absolute Gasteiger partial charge is 0.321 e. The molecule has 0 unspecified atom stereocenters. The van der Waals surface area contributed by atoms with Crippen molar-refractivity contribution in [3.8, 4) is 0 Å². The van der Waals surface area contributed by atoms with Crippen molar-refractivity contribution in [3.63, 3.8) is 0 Å². The Morgan fingerprint density at radius 2 is 1.94 bits per heavy atom. The topological polar surface area (TPSA) is 92.5 Å². The standard InChI is InChI=1S/C10H15N3O3S/c1-7-6-8(17(11,15)16)4-5-9(7)12-10(14)13(2)3/h4-6H,1-3H3,(H,12,14)(H2,11,15,16). The lowest BCUT2D eigenvalue weighted by molar-refractivity contribution is 0.230. The zero-order valence-corrected chi connectivity index (χ0v) is 10.7. The first-order chi connectivity index (χ1) is 7.71. The molecule has 3 N–H and O–H groups in total. The zero-order chi connectivity index (χ0) is 13.2. The minimum Gasteiger partial charge on any atom is -0.331 e. The molecule has 0 radical (unpaired) electrons. The van der Waals surface area contributed by atoms with Crippen LogP contribution >= 0.6 is 0 Å². The Morgan fingerprint density at radius 3 is 2.35 bits per heavy atom. The van der Waals surface area contributed by atoms with Crippen LogP contribution in [0.4, 0.5) is 10.5 Å². The van der Waals surface area contributed by atoms with Crippen LogP contribution in [0, 0.1) is 6.92 Å². The predicted molar refractivity (Wildman–Crippen MR) is 65.3 cm³/mol. The van der Waals surface area contributed by atoms with Gasteiger partial charge in [0.1, 0.15) is 0 Å². The number of primary sulfonamides is 1. The van der Waals surface area contributed by atoms with Crippen molar-refractivity contribution in [2.24, 2.45) is 5.14 Å². The third-order valence-electron chi connectivity index (χ3n) is 2.17. The second-order valence-corrected chi connectivity index (χ2v) is 5.41. The molecule has 7 heteroatoms. The fourth-order valence-electron chi connectivity index (χ4n) is 1.18. The van der Waals surface area contributed by atoms with Crippen LogP contribution < -0.4 is 10.5 Å². The lowest BCUT2D eigenvalue weighted by Crippen LogP contribution is -2.27. The van der Waals surface area contributed by atoms with Crippen molar-refractivity contribution >= 4 is 21.7 Å². The first-order valence-corrected chi connectivity index (χ1v) is 6.38. The minimum absolute atomic E-state index is 0.0258. The van der Waals surface area contributed by atoms with Crippen LogP contribution in [0.25, 0.3) is 0 Å². The molecule has 0 aliphatic rings. The molecule has 0 fully saturated rings. The number of carbonyl (C=O) groups excluding carboxylic acids is 1. The fourth-order valence-corrected chi connectivity index (χ4v) is 1.78. The van der Waals surface area contributed by atoms with E-state index in [2.05, 4.69) is 5.32 Å². The van der Waals surface area contributed by atoms with E-state index < -0.39 is 10.0 Å². The van der Waals surface area contributed by atoms with E-state index in [1.165, 1.54) is 23.1 Å². The third kappa shape index (κ3) is 3.43. The predicted octanol–water partition coefficient (Wildman–Crippen LogP) is 0.736. The maximum Gasteiger partial charge on any atom is 0.321 e. The van der Waals surface area contributed by atoms with Crippen molar-refractivity contribution in [1.29, 1.82) is 0 Å². The quantitative estimate of drug-likeness (QED) is 0.818. The Labute approximate surface area is 100 Å². The molecule has 0 aromatic heterocycles. The van der Waals surface area contributed by atoms with Gasteiger partial charge >= 0.3 is 6.03 Å². The molecule has 17 heavy (non-hydrogen) atoms. The summed E-state index contributed by atoms with van der Waals surface area (Å²) in [7, 11) is -0.481. The minimum atomic E-state index is -3.71. The third-order valence-corrected chi connectivity index (χ3v) is 3.09. The van der Waals surface area contributed by atoms with Gasteiger partial charge in [0, 0.05) is 19.8 Å². The summed E-state index contributed by atoms with van der Waals surface area (Å²) < 4.78 is 22.2. The van der Waals surface area contributed by atoms with Gasteiger partial charge in [0.05, 0.1) is 4.90 Å². The Kier molecular flexibility index (Phi) is 3.74. The monoisotopic (exact) mass is 257 g/mol. The van der Waals surface area contributed by atoms with Gasteiger partial charge in [0.2, 0.25) is 10.0 Å². The average molecular weight is 257 g/mol. The van der Waals surface area contributed by atoms with Gasteiger partial charge < -0.3 is 10.2 Å². The Bertz CT molecular complexity index is 538. The molecular formula is C10H15N3O3S. The highest BCUT2D eigenvalue weighted by Crippen LogP contribution is 2.18. The van der Waals surface area contributed by atoms with E-state index in [0.29, 0.717) is 11.3 Å². The first kappa shape index (κ1) is 13.5. The van der Waals surface area contributed by atoms with Gasteiger partial charge in [-0.3, -0.25) is 0 Å². The first-order valence-electron chi connectivity index (χ1n) is 4.83. The van der Waals surface area contributed by atoms with Crippen LogP contribution in [0.2, 0.25) is 0 Å². The number of urea groups is 1. The Morgan fingerprint density at radius 1 is 1.35 bits per heavy atom. The summed E-state index contributed by atoms with van der Waals surface area (Å²) in [5.41, 5.74) is 1.18. The number of aryl methyl sites for hydroxylation is 1. The van der Waals surface area contributed by atoms with E-state index in [1.807, 2.05) is 0 Å². The lowest BCUT2D eigenvalue weighted by Gasteiger charge is -2.14. The maximum atomic E-state index is 11.4. The number of hydrogen-bond acceptors (Lipinski definition) is 3. The zero-order valence-electron chi connectivity index (χ0n) is 9.89. The van der Waals surface area contributed by atoms with Crippen LogP contribution in [0.15, 0.2) is 23.1 Å². The van der Waals surface area contributed by atoms with Gasteiger partial charge in [-0.05, 0) is 30.7 Å². The summed E-state index contributed by atoms with van der Waals surface area (Å²) >= 11 is 0. The van der Waals surface area contributed by atoms with Crippen molar-refractivity contribution in [3.05, 3.63) is 23.8 Å². The van der Waals surface area contributed by atoms with Crippen molar-refractivity contribution in [1.82, 2.24) is 4.90 Å². The van der Waals surface area contributed by atoms with E-state index in [4.69, 9.17) is 5.14 Å². The highest BCUT2D eigenvalue weighted by atomic mass is 32.2. The lowest BCUT2D eigenvalue weighted by atomic mass is 10.2. The summed E-state index contributed by atoms with van der Waals surface area (Å²) in [4.78, 5) is 12.8. The maximum absolute atomic E-state index is 11.4. The molecule has 0 aliphatic heterocycles. The summed E-state index contributed by atoms with van der Waals surface area (Å²) in [5.74, 6) is 0. The molecule has 0 saturated carbocycles. The molecule has 1 aromatic rings. The second-order valence-electron chi connectivity index (χ2n) is 3.85. The van der Waals surface area contributed by atoms with Crippen LogP contribution in [-0.4, -0.2) is 33.4 Å². The number of anilines is 1.